The highest BCUT2D eigenvalue weighted by Gasteiger charge is 2.13. The predicted molar refractivity (Wildman–Crippen MR) is 27.3 cm³/mol. The second-order valence-corrected chi connectivity index (χ2v) is 1.74. The zero-order valence-electron chi connectivity index (χ0n) is 5.31. The third kappa shape index (κ3) is 5.40. The summed E-state index contributed by atoms with van der Waals surface area (Å²) in [6, 6.07) is 0. The van der Waals surface area contributed by atoms with Gasteiger partial charge < -0.3 is 4.74 Å². The van der Waals surface area contributed by atoms with Crippen molar-refractivity contribution in [2.24, 2.45) is 0 Å². The molecule has 0 aliphatic rings. The molecule has 0 aromatic rings. The molecule has 0 aromatic heterocycles. The van der Waals surface area contributed by atoms with Gasteiger partial charge in [-0.1, -0.05) is 0 Å². The van der Waals surface area contributed by atoms with E-state index in [0.717, 1.165) is 6.92 Å². The molecule has 0 aliphatic heterocycles. The number of ether oxygens (including phenoxy) is 1. The summed E-state index contributed by atoms with van der Waals surface area (Å²) >= 11 is 0. The van der Waals surface area contributed by atoms with Crippen LogP contribution < -0.4 is 0 Å². The summed E-state index contributed by atoms with van der Waals surface area (Å²) in [5, 5.41) is 0. The first kappa shape index (κ1) is 9.26. The van der Waals surface area contributed by atoms with Crippen molar-refractivity contribution in [3.8, 4) is 0 Å². The largest absolute Gasteiger partial charge is 0.403 e. The van der Waals surface area contributed by atoms with Crippen LogP contribution in [0, 0.1) is 0 Å². The third-order valence-electron chi connectivity index (χ3n) is 0.668. The van der Waals surface area contributed by atoms with Crippen molar-refractivity contribution in [2.75, 3.05) is 0 Å². The van der Waals surface area contributed by atoms with Gasteiger partial charge in [0.05, 0.1) is 6.42 Å². The lowest BCUT2D eigenvalue weighted by atomic mass is 10.3. The molecule has 0 radical (unpaired) electrons. The van der Waals surface area contributed by atoms with Gasteiger partial charge in [0, 0.05) is 0 Å². The number of esters is 1. The fourth-order valence-corrected chi connectivity index (χ4v) is 0.377. The van der Waals surface area contributed by atoms with E-state index < -0.39 is 25.2 Å². The van der Waals surface area contributed by atoms with Crippen LogP contribution in [-0.2, 0) is 9.53 Å². The Kier molecular flexibility index (Phi) is 3.83. The molecule has 0 fully saturated rings. The highest BCUT2D eigenvalue weighted by atomic mass is 19.3. The van der Waals surface area contributed by atoms with E-state index in [1.807, 2.05) is 0 Å². The standard InChI is InChI=1S/C5H7F3O2/c1-3(6)2-4(9)10-5(7)8/h3,5H,2H2,1H3. The van der Waals surface area contributed by atoms with Gasteiger partial charge in [0.15, 0.2) is 0 Å². The zero-order valence-corrected chi connectivity index (χ0v) is 5.31. The molecule has 2 nitrogen and oxygen atoms in total. The monoisotopic (exact) mass is 156 g/mol. The van der Waals surface area contributed by atoms with Gasteiger partial charge in [0.1, 0.15) is 6.17 Å². The molecular weight excluding hydrogens is 149 g/mol. The van der Waals surface area contributed by atoms with Gasteiger partial charge in [0.2, 0.25) is 0 Å². The van der Waals surface area contributed by atoms with Crippen LogP contribution in [0.3, 0.4) is 0 Å². The van der Waals surface area contributed by atoms with Crippen LogP contribution >= 0.6 is 0 Å². The lowest BCUT2D eigenvalue weighted by Crippen LogP contribution is -2.12. The van der Waals surface area contributed by atoms with Crippen molar-refractivity contribution in [1.29, 1.82) is 0 Å². The third-order valence-corrected chi connectivity index (χ3v) is 0.668. The van der Waals surface area contributed by atoms with Crippen molar-refractivity contribution < 1.29 is 22.7 Å². The lowest BCUT2D eigenvalue weighted by Gasteiger charge is -2.01. The van der Waals surface area contributed by atoms with Crippen molar-refractivity contribution in [3.63, 3.8) is 0 Å². The Labute approximate surface area is 56.0 Å². The molecule has 0 rings (SSSR count). The summed E-state index contributed by atoms with van der Waals surface area (Å²) in [4.78, 5) is 10.1. The number of carbonyl (C=O) groups is 1. The molecule has 0 spiro atoms. The SMILES string of the molecule is CC(F)CC(=O)OC(F)F. The fraction of sp³-hybridized carbons (Fsp3) is 0.800. The molecule has 0 bridgehead atoms. The quantitative estimate of drug-likeness (QED) is 0.579. The minimum Gasteiger partial charge on any atom is -0.403 e. The van der Waals surface area contributed by atoms with Crippen molar-refractivity contribution >= 4 is 5.97 Å². The number of hydrogen-bond donors (Lipinski definition) is 0. The van der Waals surface area contributed by atoms with Gasteiger partial charge in [-0.3, -0.25) is 4.79 Å². The maximum atomic E-state index is 11.9. The second-order valence-electron chi connectivity index (χ2n) is 1.74. The maximum Gasteiger partial charge on any atom is 0.389 e. The average molecular weight is 156 g/mol. The van der Waals surface area contributed by atoms with Gasteiger partial charge in [0.25, 0.3) is 0 Å². The minimum atomic E-state index is -3.15. The normalized spacial score (nSPS) is 13.3. The van der Waals surface area contributed by atoms with E-state index in [4.69, 9.17) is 0 Å². The molecule has 0 heterocycles. The highest BCUT2D eigenvalue weighted by Crippen LogP contribution is 2.02. The number of hydrogen-bond acceptors (Lipinski definition) is 2. The fourth-order valence-electron chi connectivity index (χ4n) is 0.377. The summed E-state index contributed by atoms with van der Waals surface area (Å²) in [5.74, 6) is -1.22. The van der Waals surface area contributed by atoms with Crippen molar-refractivity contribution in [3.05, 3.63) is 0 Å². The molecule has 1 unspecified atom stereocenters. The first-order chi connectivity index (χ1) is 4.52. The number of alkyl halides is 3. The molecule has 5 heteroatoms. The molecule has 0 saturated carbocycles. The minimum absolute atomic E-state index is 0.621. The molecule has 60 valence electrons. The Bertz CT molecular complexity index is 101. The predicted octanol–water partition coefficient (Wildman–Crippen LogP) is 1.50. The van der Waals surface area contributed by atoms with E-state index in [2.05, 4.69) is 4.74 Å². The number of carbonyl (C=O) groups excluding carboxylic acids is 1. The number of rotatable bonds is 3. The summed E-state index contributed by atoms with van der Waals surface area (Å²) in [5.41, 5.74) is 0. The van der Waals surface area contributed by atoms with Crippen LogP contribution in [-0.4, -0.2) is 18.8 Å². The molecule has 1 atom stereocenters. The van der Waals surface area contributed by atoms with Gasteiger partial charge in [-0.25, -0.2) is 4.39 Å². The van der Waals surface area contributed by atoms with E-state index >= 15 is 0 Å². The Morgan fingerprint density at radius 1 is 1.50 bits per heavy atom. The van der Waals surface area contributed by atoms with Gasteiger partial charge in [-0.2, -0.15) is 8.78 Å². The molecule has 0 aliphatic carbocycles. The molecule has 0 amide bonds. The van der Waals surface area contributed by atoms with E-state index in [0.29, 0.717) is 0 Å². The van der Waals surface area contributed by atoms with Crippen LogP contribution in [0.1, 0.15) is 13.3 Å². The van der Waals surface area contributed by atoms with E-state index in [-0.39, 0.29) is 0 Å². The average Bonchev–Trinajstić information content (AvgIpc) is 1.58. The van der Waals surface area contributed by atoms with Crippen LogP contribution in [0.2, 0.25) is 0 Å². The molecule has 10 heavy (non-hydrogen) atoms. The maximum absolute atomic E-state index is 11.9. The number of halogens is 3. The first-order valence-electron chi connectivity index (χ1n) is 2.64. The van der Waals surface area contributed by atoms with E-state index in [1.165, 1.54) is 0 Å². The highest BCUT2D eigenvalue weighted by molar-refractivity contribution is 5.69. The Morgan fingerprint density at radius 3 is 2.30 bits per heavy atom. The molecule has 0 aromatic carbocycles. The topological polar surface area (TPSA) is 26.3 Å². The summed E-state index contributed by atoms with van der Waals surface area (Å²) in [7, 11) is 0. The Balaban J connectivity index is 3.44. The Hall–Kier alpha value is -0.740. The van der Waals surface area contributed by atoms with Gasteiger partial charge >= 0.3 is 12.6 Å². The molecule has 0 N–H and O–H groups in total. The molecular formula is C5H7F3O2. The van der Waals surface area contributed by atoms with Crippen LogP contribution in [0.5, 0.6) is 0 Å². The van der Waals surface area contributed by atoms with Crippen molar-refractivity contribution in [2.45, 2.75) is 26.1 Å². The van der Waals surface area contributed by atoms with E-state index in [9.17, 15) is 18.0 Å². The smallest absolute Gasteiger partial charge is 0.389 e. The first-order valence-corrected chi connectivity index (χ1v) is 2.64. The van der Waals surface area contributed by atoms with Gasteiger partial charge in [-0.15, -0.1) is 0 Å². The Morgan fingerprint density at radius 2 is 2.00 bits per heavy atom. The van der Waals surface area contributed by atoms with Crippen LogP contribution in [0.15, 0.2) is 0 Å². The summed E-state index contributed by atoms with van der Waals surface area (Å²) in [6.07, 6.45) is -2.06. The van der Waals surface area contributed by atoms with E-state index in [1.54, 1.807) is 0 Å². The summed E-state index contributed by atoms with van der Waals surface area (Å²) < 4.78 is 37.5. The zero-order chi connectivity index (χ0) is 8.15. The van der Waals surface area contributed by atoms with Gasteiger partial charge in [-0.05, 0) is 6.92 Å². The van der Waals surface area contributed by atoms with Crippen molar-refractivity contribution in [1.82, 2.24) is 0 Å². The van der Waals surface area contributed by atoms with Crippen LogP contribution in [0.4, 0.5) is 13.2 Å². The van der Waals surface area contributed by atoms with Crippen LogP contribution in [0.25, 0.3) is 0 Å². The summed E-state index contributed by atoms with van der Waals surface area (Å²) in [6.45, 7) is -2.06. The lowest BCUT2D eigenvalue weighted by molar-refractivity contribution is -0.177. The molecule has 0 saturated heterocycles. The second kappa shape index (κ2) is 4.14.